The normalized spacial score (nSPS) is 39.8. The van der Waals surface area contributed by atoms with Gasteiger partial charge in [-0.1, -0.05) is 0 Å². The quantitative estimate of drug-likeness (QED) is 0.886. The maximum absolute atomic E-state index is 5.64. The molecule has 1 aromatic heterocycles. The summed E-state index contributed by atoms with van der Waals surface area (Å²) in [7, 11) is 0. The first-order valence-electron chi connectivity index (χ1n) is 7.77. The van der Waals surface area contributed by atoms with E-state index in [1.807, 2.05) is 0 Å². The van der Waals surface area contributed by atoms with Crippen molar-refractivity contribution < 1.29 is 0 Å². The van der Waals surface area contributed by atoms with E-state index in [0.717, 1.165) is 35.4 Å². The highest BCUT2D eigenvalue weighted by atomic mass is 14.9. The molecule has 4 bridgehead atoms. The van der Waals surface area contributed by atoms with Crippen LogP contribution in [0.1, 0.15) is 55.1 Å². The molecular weight excluding hydrogens is 234 g/mol. The van der Waals surface area contributed by atoms with Crippen molar-refractivity contribution in [2.24, 2.45) is 29.4 Å². The standard InChI is InChI=1S/C16H23N3/c1-9-14(8-18-15(7-17)19-9)16-12-3-10-2-11(5-12)6-13(16)4-10/h8,10-13,16H,2-7,17H2,1H3. The van der Waals surface area contributed by atoms with Gasteiger partial charge in [-0.25, -0.2) is 9.97 Å². The lowest BCUT2D eigenvalue weighted by Crippen LogP contribution is -2.44. The Morgan fingerprint density at radius 1 is 1.11 bits per heavy atom. The topological polar surface area (TPSA) is 51.8 Å². The highest BCUT2D eigenvalue weighted by molar-refractivity contribution is 5.25. The van der Waals surface area contributed by atoms with Crippen LogP contribution in [0.25, 0.3) is 0 Å². The average molecular weight is 257 g/mol. The minimum atomic E-state index is 0.447. The maximum Gasteiger partial charge on any atom is 0.142 e. The molecule has 3 heteroatoms. The van der Waals surface area contributed by atoms with Crippen LogP contribution in [-0.2, 0) is 6.54 Å². The number of aryl methyl sites for hydroxylation is 1. The molecule has 1 aromatic rings. The van der Waals surface area contributed by atoms with Crippen molar-refractivity contribution in [1.29, 1.82) is 0 Å². The van der Waals surface area contributed by atoms with Crippen molar-refractivity contribution in [3.05, 3.63) is 23.3 Å². The van der Waals surface area contributed by atoms with Crippen LogP contribution in [0.15, 0.2) is 6.20 Å². The van der Waals surface area contributed by atoms with Gasteiger partial charge in [-0.2, -0.15) is 0 Å². The third-order valence-electron chi connectivity index (χ3n) is 5.84. The Kier molecular flexibility index (Phi) is 2.66. The Hall–Kier alpha value is -0.960. The molecule has 4 aliphatic rings. The van der Waals surface area contributed by atoms with Gasteiger partial charge < -0.3 is 5.73 Å². The highest BCUT2D eigenvalue weighted by Gasteiger charge is 2.49. The van der Waals surface area contributed by atoms with E-state index < -0.39 is 0 Å². The molecule has 0 amide bonds. The van der Waals surface area contributed by atoms with Gasteiger partial charge in [0.1, 0.15) is 5.82 Å². The first kappa shape index (κ1) is 11.8. The van der Waals surface area contributed by atoms with Crippen LogP contribution in [0.5, 0.6) is 0 Å². The summed E-state index contributed by atoms with van der Waals surface area (Å²) in [5.74, 6) is 5.39. The molecule has 0 aromatic carbocycles. The highest BCUT2D eigenvalue weighted by Crippen LogP contribution is 2.59. The molecule has 5 rings (SSSR count). The van der Waals surface area contributed by atoms with E-state index in [0.29, 0.717) is 6.54 Å². The van der Waals surface area contributed by atoms with Crippen LogP contribution < -0.4 is 5.73 Å². The fourth-order valence-electron chi connectivity index (χ4n) is 5.38. The van der Waals surface area contributed by atoms with E-state index in [-0.39, 0.29) is 0 Å². The molecule has 2 N–H and O–H groups in total. The minimum Gasteiger partial charge on any atom is -0.324 e. The SMILES string of the molecule is Cc1nc(CN)ncc1C1C2CC3CC(C2)CC1C3. The monoisotopic (exact) mass is 257 g/mol. The van der Waals surface area contributed by atoms with E-state index in [1.165, 1.54) is 43.4 Å². The Morgan fingerprint density at radius 3 is 2.26 bits per heavy atom. The van der Waals surface area contributed by atoms with Gasteiger partial charge in [0.25, 0.3) is 0 Å². The Labute approximate surface area is 115 Å². The van der Waals surface area contributed by atoms with E-state index in [4.69, 9.17) is 5.73 Å². The summed E-state index contributed by atoms with van der Waals surface area (Å²) in [6, 6.07) is 0. The van der Waals surface area contributed by atoms with Crippen LogP contribution >= 0.6 is 0 Å². The average Bonchev–Trinajstić information content (AvgIpc) is 2.39. The number of hydrogen-bond donors (Lipinski definition) is 1. The van der Waals surface area contributed by atoms with Gasteiger partial charge in [-0.15, -0.1) is 0 Å². The van der Waals surface area contributed by atoms with Crippen molar-refractivity contribution in [3.8, 4) is 0 Å². The fourth-order valence-corrected chi connectivity index (χ4v) is 5.38. The van der Waals surface area contributed by atoms with E-state index in [9.17, 15) is 0 Å². The second-order valence-electron chi connectivity index (χ2n) is 6.99. The zero-order valence-corrected chi connectivity index (χ0v) is 11.7. The lowest BCUT2D eigenvalue weighted by atomic mass is 9.51. The van der Waals surface area contributed by atoms with E-state index in [1.54, 1.807) is 0 Å². The summed E-state index contributed by atoms with van der Waals surface area (Å²) < 4.78 is 0. The third kappa shape index (κ3) is 1.82. The molecule has 3 nitrogen and oxygen atoms in total. The number of aromatic nitrogens is 2. The van der Waals surface area contributed by atoms with E-state index in [2.05, 4.69) is 23.1 Å². The summed E-state index contributed by atoms with van der Waals surface area (Å²) in [5.41, 5.74) is 8.23. The van der Waals surface area contributed by atoms with Crippen LogP contribution in [0.4, 0.5) is 0 Å². The molecule has 4 saturated carbocycles. The Bertz CT molecular complexity index is 469. The van der Waals surface area contributed by atoms with Crippen LogP contribution in [-0.4, -0.2) is 9.97 Å². The Morgan fingerprint density at radius 2 is 1.74 bits per heavy atom. The first-order valence-corrected chi connectivity index (χ1v) is 7.77. The predicted octanol–water partition coefficient (Wildman–Crippen LogP) is 2.78. The largest absolute Gasteiger partial charge is 0.324 e. The number of rotatable bonds is 2. The summed E-state index contributed by atoms with van der Waals surface area (Å²) in [6.45, 7) is 2.59. The summed E-state index contributed by atoms with van der Waals surface area (Å²) in [6.07, 6.45) is 9.41. The number of hydrogen-bond acceptors (Lipinski definition) is 3. The van der Waals surface area contributed by atoms with Gasteiger partial charge >= 0.3 is 0 Å². The van der Waals surface area contributed by atoms with Gasteiger partial charge in [0.15, 0.2) is 0 Å². The maximum atomic E-state index is 5.64. The van der Waals surface area contributed by atoms with Gasteiger partial charge in [-0.3, -0.25) is 0 Å². The molecule has 0 spiro atoms. The van der Waals surface area contributed by atoms with Gasteiger partial charge in [0, 0.05) is 11.9 Å². The lowest BCUT2D eigenvalue weighted by molar-refractivity contribution is -0.00324. The van der Waals surface area contributed by atoms with Gasteiger partial charge in [0.05, 0.1) is 6.54 Å². The number of nitrogens with zero attached hydrogens (tertiary/aromatic N) is 2. The first-order chi connectivity index (χ1) is 9.24. The zero-order valence-electron chi connectivity index (χ0n) is 11.7. The second kappa shape index (κ2) is 4.27. The molecule has 19 heavy (non-hydrogen) atoms. The van der Waals surface area contributed by atoms with Crippen LogP contribution in [0.3, 0.4) is 0 Å². The number of nitrogens with two attached hydrogens (primary N) is 1. The van der Waals surface area contributed by atoms with Crippen LogP contribution in [0, 0.1) is 30.6 Å². The van der Waals surface area contributed by atoms with Crippen molar-refractivity contribution >= 4 is 0 Å². The van der Waals surface area contributed by atoms with Crippen molar-refractivity contribution in [3.63, 3.8) is 0 Å². The summed E-state index contributed by atoms with van der Waals surface area (Å²) >= 11 is 0. The molecule has 0 saturated heterocycles. The van der Waals surface area contributed by atoms with Crippen molar-refractivity contribution in [1.82, 2.24) is 9.97 Å². The Balaban J connectivity index is 1.69. The molecule has 0 aliphatic heterocycles. The van der Waals surface area contributed by atoms with Crippen molar-refractivity contribution in [2.75, 3.05) is 0 Å². The molecular formula is C16H23N3. The smallest absolute Gasteiger partial charge is 0.142 e. The predicted molar refractivity (Wildman–Crippen MR) is 74.4 cm³/mol. The molecule has 4 fully saturated rings. The molecule has 0 radical (unpaired) electrons. The second-order valence-corrected chi connectivity index (χ2v) is 6.99. The molecule has 0 atom stereocenters. The lowest BCUT2D eigenvalue weighted by Gasteiger charge is -2.54. The minimum absolute atomic E-state index is 0.447. The molecule has 4 aliphatic carbocycles. The summed E-state index contributed by atoms with van der Waals surface area (Å²) in [5, 5.41) is 0. The van der Waals surface area contributed by atoms with Gasteiger partial charge in [0.2, 0.25) is 0 Å². The molecule has 102 valence electrons. The molecule has 0 unspecified atom stereocenters. The fraction of sp³-hybridized carbons (Fsp3) is 0.750. The third-order valence-corrected chi connectivity index (χ3v) is 5.84. The van der Waals surface area contributed by atoms with Crippen LogP contribution in [0.2, 0.25) is 0 Å². The summed E-state index contributed by atoms with van der Waals surface area (Å²) in [4.78, 5) is 9.04. The van der Waals surface area contributed by atoms with Gasteiger partial charge in [-0.05, 0) is 74.2 Å². The van der Waals surface area contributed by atoms with E-state index >= 15 is 0 Å². The zero-order chi connectivity index (χ0) is 13.0. The molecule has 1 heterocycles. The van der Waals surface area contributed by atoms with Crippen molar-refractivity contribution in [2.45, 2.75) is 51.5 Å².